The van der Waals surface area contributed by atoms with Crippen molar-refractivity contribution in [2.75, 3.05) is 17.7 Å². The van der Waals surface area contributed by atoms with Crippen molar-refractivity contribution < 1.29 is 0 Å². The van der Waals surface area contributed by atoms with Crippen molar-refractivity contribution in [3.8, 4) is 23.5 Å². The number of allylic oxidation sites excluding steroid dienone is 4. The summed E-state index contributed by atoms with van der Waals surface area (Å²) < 4.78 is 0. The van der Waals surface area contributed by atoms with Gasteiger partial charge in [-0.3, -0.25) is 9.97 Å². The lowest BCUT2D eigenvalue weighted by molar-refractivity contribution is 0.800. The average Bonchev–Trinajstić information content (AvgIpc) is 2.95. The zero-order chi connectivity index (χ0) is 28.1. The number of fused-ring (bicyclic) bond motifs is 1. The summed E-state index contributed by atoms with van der Waals surface area (Å²) in [5.74, 6) is 3.18. The minimum absolute atomic E-state index is 0.121. The van der Waals surface area contributed by atoms with Gasteiger partial charge in [0.05, 0.1) is 34.2 Å². The molecule has 0 bridgehead atoms. The number of aromatic nitrogens is 2. The van der Waals surface area contributed by atoms with E-state index in [4.69, 9.17) is 11.4 Å². The van der Waals surface area contributed by atoms with E-state index < -0.39 is 0 Å². The van der Waals surface area contributed by atoms with E-state index in [1.807, 2.05) is 40.1 Å². The average molecular weight is 509 g/mol. The third-order valence-electron chi connectivity index (χ3n) is 6.25. The summed E-state index contributed by atoms with van der Waals surface area (Å²) in [4.78, 5) is 9.40. The Kier molecular flexibility index (Phi) is 12.3. The number of terminal acetylenes is 1. The molecule has 4 heteroatoms. The molecule has 2 N–H and O–H groups in total. The van der Waals surface area contributed by atoms with Crippen molar-refractivity contribution in [3.63, 3.8) is 0 Å². The molecular weight excluding hydrogens is 464 g/mol. The lowest BCUT2D eigenvalue weighted by atomic mass is 9.98. The van der Waals surface area contributed by atoms with Crippen molar-refractivity contribution in [1.82, 2.24) is 9.97 Å². The van der Waals surface area contributed by atoms with Gasteiger partial charge in [-0.1, -0.05) is 83.9 Å². The van der Waals surface area contributed by atoms with Crippen molar-refractivity contribution in [2.45, 2.75) is 73.3 Å². The standard InChI is InChI=1S/C32H38N4.C2H6/c1-8-12-13-15-24(14-9-2)28(11-4)36-32-23(10-3)20-34-29-17-16-25(18-27(29)32)26-19-30(33-7)31(22(5)6)35-21-26;1-2/h3,8,12-22,28,33H,9,11H2,1-2,4-7H3,(H,34,36);1-2H3/b12-8-,15-13-,24-14-;. The van der Waals surface area contributed by atoms with Gasteiger partial charge in [-0.25, -0.2) is 0 Å². The van der Waals surface area contributed by atoms with Crippen LogP contribution in [0.4, 0.5) is 11.4 Å². The maximum absolute atomic E-state index is 5.94. The monoisotopic (exact) mass is 508 g/mol. The molecule has 0 aliphatic heterocycles. The molecule has 1 unspecified atom stereocenters. The molecule has 3 aromatic rings. The van der Waals surface area contributed by atoms with Crippen molar-refractivity contribution >= 4 is 22.3 Å². The summed E-state index contributed by atoms with van der Waals surface area (Å²) in [5.41, 5.74) is 8.09. The van der Waals surface area contributed by atoms with E-state index >= 15 is 0 Å². The molecular formula is C34H44N4. The minimum atomic E-state index is 0.121. The zero-order valence-electron chi connectivity index (χ0n) is 24.4. The van der Waals surface area contributed by atoms with E-state index in [0.29, 0.717) is 5.92 Å². The third kappa shape index (κ3) is 7.35. The molecule has 0 aliphatic rings. The zero-order valence-corrected chi connectivity index (χ0v) is 24.4. The molecule has 0 saturated carbocycles. The van der Waals surface area contributed by atoms with Gasteiger partial charge in [-0.2, -0.15) is 0 Å². The van der Waals surface area contributed by atoms with E-state index in [2.05, 4.69) is 97.8 Å². The van der Waals surface area contributed by atoms with Gasteiger partial charge in [0.2, 0.25) is 0 Å². The Balaban J connectivity index is 0.00000247. The lowest BCUT2D eigenvalue weighted by Crippen LogP contribution is -2.21. The number of pyridine rings is 2. The first kappa shape index (κ1) is 30.4. The number of benzene rings is 1. The van der Waals surface area contributed by atoms with E-state index in [1.165, 1.54) is 5.57 Å². The van der Waals surface area contributed by atoms with Crippen LogP contribution in [-0.4, -0.2) is 23.1 Å². The molecule has 0 radical (unpaired) electrons. The normalized spacial score (nSPS) is 12.5. The Labute approximate surface area is 230 Å². The molecule has 0 fully saturated rings. The first-order valence-electron chi connectivity index (χ1n) is 13.8. The van der Waals surface area contributed by atoms with Crippen LogP contribution in [0.2, 0.25) is 0 Å². The highest BCUT2D eigenvalue weighted by molar-refractivity contribution is 5.97. The second kappa shape index (κ2) is 15.4. The summed E-state index contributed by atoms with van der Waals surface area (Å²) >= 11 is 0. The fourth-order valence-corrected chi connectivity index (χ4v) is 4.37. The lowest BCUT2D eigenvalue weighted by Gasteiger charge is -2.22. The minimum Gasteiger partial charge on any atom is -0.387 e. The van der Waals surface area contributed by atoms with Crippen molar-refractivity contribution in [1.29, 1.82) is 0 Å². The van der Waals surface area contributed by atoms with Gasteiger partial charge in [0.1, 0.15) is 0 Å². The predicted molar refractivity (Wildman–Crippen MR) is 168 cm³/mol. The van der Waals surface area contributed by atoms with Gasteiger partial charge in [0, 0.05) is 30.4 Å². The topological polar surface area (TPSA) is 49.8 Å². The van der Waals surface area contributed by atoms with E-state index in [1.54, 1.807) is 6.20 Å². The Morgan fingerprint density at radius 1 is 1.05 bits per heavy atom. The molecule has 38 heavy (non-hydrogen) atoms. The first-order valence-corrected chi connectivity index (χ1v) is 13.8. The fourth-order valence-electron chi connectivity index (χ4n) is 4.37. The summed E-state index contributed by atoms with van der Waals surface area (Å²) in [6.45, 7) is 14.7. The summed E-state index contributed by atoms with van der Waals surface area (Å²) in [6, 6.07) is 8.61. The molecule has 200 valence electrons. The van der Waals surface area contributed by atoms with Crippen LogP contribution in [0.5, 0.6) is 0 Å². The molecule has 2 aromatic heterocycles. The molecule has 1 aromatic carbocycles. The fraction of sp³-hybridized carbons (Fsp3) is 0.353. The highest BCUT2D eigenvalue weighted by atomic mass is 14.9. The van der Waals surface area contributed by atoms with E-state index in [9.17, 15) is 0 Å². The van der Waals surface area contributed by atoms with Gasteiger partial charge >= 0.3 is 0 Å². The number of nitrogens with zero attached hydrogens (tertiary/aromatic N) is 2. The second-order valence-electron chi connectivity index (χ2n) is 9.09. The summed E-state index contributed by atoms with van der Waals surface area (Å²) in [5, 5.41) is 8.08. The number of hydrogen-bond donors (Lipinski definition) is 2. The number of rotatable bonds is 10. The van der Waals surface area contributed by atoms with Crippen LogP contribution in [0.1, 0.15) is 78.5 Å². The van der Waals surface area contributed by atoms with Crippen LogP contribution < -0.4 is 10.6 Å². The maximum atomic E-state index is 5.94. The van der Waals surface area contributed by atoms with Crippen LogP contribution >= 0.6 is 0 Å². The Bertz CT molecular complexity index is 1320. The summed E-state index contributed by atoms with van der Waals surface area (Å²) in [6.07, 6.45) is 22.2. The molecule has 0 saturated heterocycles. The van der Waals surface area contributed by atoms with Crippen LogP contribution in [0, 0.1) is 12.3 Å². The third-order valence-corrected chi connectivity index (χ3v) is 6.25. The van der Waals surface area contributed by atoms with Gasteiger partial charge in [-0.05, 0) is 55.0 Å². The Morgan fingerprint density at radius 2 is 1.82 bits per heavy atom. The largest absolute Gasteiger partial charge is 0.387 e. The van der Waals surface area contributed by atoms with Crippen LogP contribution in [0.3, 0.4) is 0 Å². The molecule has 3 rings (SSSR count). The van der Waals surface area contributed by atoms with Crippen LogP contribution in [0.25, 0.3) is 22.0 Å². The number of anilines is 2. The van der Waals surface area contributed by atoms with Gasteiger partial charge in [0.25, 0.3) is 0 Å². The van der Waals surface area contributed by atoms with Crippen molar-refractivity contribution in [3.05, 3.63) is 83.9 Å². The van der Waals surface area contributed by atoms with Crippen LogP contribution in [-0.2, 0) is 0 Å². The highest BCUT2D eigenvalue weighted by Gasteiger charge is 2.16. The highest BCUT2D eigenvalue weighted by Crippen LogP contribution is 2.33. The van der Waals surface area contributed by atoms with E-state index in [-0.39, 0.29) is 6.04 Å². The molecule has 4 nitrogen and oxygen atoms in total. The quantitative estimate of drug-likeness (QED) is 0.212. The molecule has 0 spiro atoms. The number of hydrogen-bond acceptors (Lipinski definition) is 4. The molecule has 2 heterocycles. The van der Waals surface area contributed by atoms with Crippen molar-refractivity contribution in [2.24, 2.45) is 0 Å². The predicted octanol–water partition coefficient (Wildman–Crippen LogP) is 9.13. The number of nitrogens with one attached hydrogen (secondary N) is 2. The van der Waals surface area contributed by atoms with Crippen LogP contribution in [0.15, 0.2) is 72.6 Å². The van der Waals surface area contributed by atoms with Gasteiger partial charge in [0.15, 0.2) is 0 Å². The molecule has 0 amide bonds. The Hall–Kier alpha value is -3.84. The van der Waals surface area contributed by atoms with Gasteiger partial charge in [-0.15, -0.1) is 6.42 Å². The maximum Gasteiger partial charge on any atom is 0.0724 e. The Morgan fingerprint density at radius 3 is 2.42 bits per heavy atom. The molecule has 1 atom stereocenters. The smallest absolute Gasteiger partial charge is 0.0724 e. The first-order chi connectivity index (χ1) is 18.5. The van der Waals surface area contributed by atoms with E-state index in [0.717, 1.165) is 57.5 Å². The van der Waals surface area contributed by atoms with Gasteiger partial charge < -0.3 is 10.6 Å². The second-order valence-corrected chi connectivity index (χ2v) is 9.09. The SMILES string of the molecule is C#Cc1cnc2ccc(-c3cnc(C(C)C)c(NC)c3)cc2c1NC(CC)C(/C=C\C=C/C)=C\CC.CC. The molecule has 0 aliphatic carbocycles. The summed E-state index contributed by atoms with van der Waals surface area (Å²) in [7, 11) is 1.94.